The van der Waals surface area contributed by atoms with E-state index in [4.69, 9.17) is 14.2 Å². The average Bonchev–Trinajstić information content (AvgIpc) is 2.67. The van der Waals surface area contributed by atoms with Gasteiger partial charge in [-0.05, 0) is 25.1 Å². The molecule has 0 saturated carbocycles. The molecule has 0 aromatic heterocycles. The fraction of sp³-hybridized carbons (Fsp3) is 0.368. The predicted molar refractivity (Wildman–Crippen MR) is 100 cm³/mol. The molecular weight excluding hydrogens is 368 g/mol. The number of aromatic hydroxyl groups is 1. The predicted octanol–water partition coefficient (Wildman–Crippen LogP) is 2.58. The molecule has 28 heavy (non-hydrogen) atoms. The third-order valence-electron chi connectivity index (χ3n) is 4.88. The van der Waals surface area contributed by atoms with Gasteiger partial charge in [-0.1, -0.05) is 12.1 Å². The van der Waals surface area contributed by atoms with Crippen molar-refractivity contribution in [2.75, 3.05) is 19.5 Å². The smallest absolute Gasteiger partial charge is 0.270 e. The summed E-state index contributed by atoms with van der Waals surface area (Å²) >= 11 is 0. The van der Waals surface area contributed by atoms with Gasteiger partial charge in [0.25, 0.3) is 5.69 Å². The highest BCUT2D eigenvalue weighted by Crippen LogP contribution is 2.45. The number of nitrogens with one attached hydrogen (secondary N) is 1. The van der Waals surface area contributed by atoms with Crippen LogP contribution in [0.3, 0.4) is 0 Å². The highest BCUT2D eigenvalue weighted by atomic mass is 16.7. The van der Waals surface area contributed by atoms with Gasteiger partial charge in [0.2, 0.25) is 0 Å². The molecular formula is C19H22N2O7. The van der Waals surface area contributed by atoms with Crippen LogP contribution in [0.2, 0.25) is 0 Å². The van der Waals surface area contributed by atoms with Crippen molar-refractivity contribution in [1.82, 2.24) is 0 Å². The molecule has 0 amide bonds. The number of non-ortho nitro benzene ring substituents is 1. The number of hydrogen-bond acceptors (Lipinski definition) is 8. The van der Waals surface area contributed by atoms with E-state index in [0.29, 0.717) is 17.0 Å². The van der Waals surface area contributed by atoms with Crippen molar-refractivity contribution in [3.63, 3.8) is 0 Å². The van der Waals surface area contributed by atoms with Crippen molar-refractivity contribution < 1.29 is 29.3 Å². The fourth-order valence-corrected chi connectivity index (χ4v) is 3.46. The first-order valence-corrected chi connectivity index (χ1v) is 8.57. The van der Waals surface area contributed by atoms with Gasteiger partial charge in [0, 0.05) is 31.9 Å². The Labute approximate surface area is 161 Å². The van der Waals surface area contributed by atoms with Gasteiger partial charge in [-0.15, -0.1) is 0 Å². The number of nitro benzene ring substituents is 1. The highest BCUT2D eigenvalue weighted by Gasteiger charge is 2.52. The summed E-state index contributed by atoms with van der Waals surface area (Å²) in [5.74, 6) is 0.315. The molecule has 1 aliphatic heterocycles. The lowest BCUT2D eigenvalue weighted by Gasteiger charge is -2.46. The van der Waals surface area contributed by atoms with Gasteiger partial charge < -0.3 is 29.7 Å². The Morgan fingerprint density at radius 2 is 1.93 bits per heavy atom. The number of anilines is 1. The van der Waals surface area contributed by atoms with Gasteiger partial charge in [-0.3, -0.25) is 10.1 Å². The molecule has 3 rings (SSSR count). The van der Waals surface area contributed by atoms with E-state index in [-0.39, 0.29) is 11.4 Å². The number of aliphatic hydroxyl groups is 1. The number of nitrogens with zero attached hydrogens (tertiary/aromatic N) is 1. The number of nitro groups is 1. The van der Waals surface area contributed by atoms with Gasteiger partial charge >= 0.3 is 0 Å². The summed E-state index contributed by atoms with van der Waals surface area (Å²) in [4.78, 5) is 10.7. The minimum absolute atomic E-state index is 0.0232. The topological polar surface area (TPSA) is 123 Å². The minimum Gasteiger partial charge on any atom is -0.506 e. The number of phenols is 1. The summed E-state index contributed by atoms with van der Waals surface area (Å²) in [6, 6.07) is 9.80. The highest BCUT2D eigenvalue weighted by molar-refractivity contribution is 5.59. The van der Waals surface area contributed by atoms with E-state index in [0.717, 1.165) is 0 Å². The van der Waals surface area contributed by atoms with E-state index < -0.39 is 29.0 Å². The number of ether oxygens (including phenoxy) is 3. The molecule has 1 aliphatic rings. The SMILES string of the molecule is COC(OC)[C@]1(C)Oc2ccc([N+](=O)[O-])cc2[C@H](Nc2ccccc2O)[C@H]1O. The van der Waals surface area contributed by atoms with Crippen LogP contribution >= 0.6 is 0 Å². The summed E-state index contributed by atoms with van der Waals surface area (Å²) < 4.78 is 16.6. The van der Waals surface area contributed by atoms with Gasteiger partial charge in [0.15, 0.2) is 11.9 Å². The van der Waals surface area contributed by atoms with Crippen molar-refractivity contribution >= 4 is 11.4 Å². The van der Waals surface area contributed by atoms with Crippen LogP contribution in [-0.2, 0) is 9.47 Å². The standard InChI is InChI=1S/C19H22N2O7/c1-19(18(26-2)27-3)17(23)16(20-13-6-4-5-7-14(13)22)12-10-11(21(24)25)8-9-15(12)28-19/h4-10,16-18,20,22-23H,1-3H3/t16-,17+,19+/m0/s1. The zero-order chi connectivity index (χ0) is 20.5. The van der Waals surface area contributed by atoms with Crippen molar-refractivity contribution in [1.29, 1.82) is 0 Å². The second kappa shape index (κ2) is 7.63. The van der Waals surface area contributed by atoms with Crippen molar-refractivity contribution in [3.05, 3.63) is 58.1 Å². The van der Waals surface area contributed by atoms with Crippen LogP contribution in [0.1, 0.15) is 18.5 Å². The summed E-state index contributed by atoms with van der Waals surface area (Å²) in [6.45, 7) is 1.62. The van der Waals surface area contributed by atoms with Gasteiger partial charge in [-0.2, -0.15) is 0 Å². The number of methoxy groups -OCH3 is 2. The lowest BCUT2D eigenvalue weighted by atomic mass is 9.84. The molecule has 150 valence electrons. The van der Waals surface area contributed by atoms with Crippen LogP contribution in [0.4, 0.5) is 11.4 Å². The Morgan fingerprint density at radius 3 is 2.54 bits per heavy atom. The van der Waals surface area contributed by atoms with Crippen LogP contribution < -0.4 is 10.1 Å². The van der Waals surface area contributed by atoms with Crippen LogP contribution in [0.5, 0.6) is 11.5 Å². The molecule has 0 bridgehead atoms. The Hall–Kier alpha value is -2.88. The Balaban J connectivity index is 2.12. The summed E-state index contributed by atoms with van der Waals surface area (Å²) in [7, 11) is 2.85. The molecule has 3 atom stereocenters. The molecule has 0 saturated heterocycles. The number of benzene rings is 2. The quantitative estimate of drug-likeness (QED) is 0.298. The van der Waals surface area contributed by atoms with E-state index >= 15 is 0 Å². The van der Waals surface area contributed by atoms with Gasteiger partial charge in [-0.25, -0.2) is 0 Å². The molecule has 3 N–H and O–H groups in total. The molecule has 1 heterocycles. The lowest BCUT2D eigenvalue weighted by molar-refractivity contribution is -0.385. The molecule has 2 aromatic carbocycles. The molecule has 0 radical (unpaired) electrons. The molecule has 0 fully saturated rings. The van der Waals surface area contributed by atoms with E-state index in [1.165, 1.54) is 38.5 Å². The zero-order valence-electron chi connectivity index (χ0n) is 15.7. The maximum atomic E-state index is 11.2. The summed E-state index contributed by atoms with van der Waals surface area (Å²) in [5, 5.41) is 35.6. The Kier molecular flexibility index (Phi) is 5.41. The van der Waals surface area contributed by atoms with E-state index in [1.807, 2.05) is 0 Å². The van der Waals surface area contributed by atoms with Crippen LogP contribution in [0, 0.1) is 10.1 Å². The maximum Gasteiger partial charge on any atom is 0.270 e. The third kappa shape index (κ3) is 3.35. The Morgan fingerprint density at radius 1 is 1.25 bits per heavy atom. The number of fused-ring (bicyclic) bond motifs is 1. The second-order valence-electron chi connectivity index (χ2n) is 6.65. The number of rotatable bonds is 6. The van der Waals surface area contributed by atoms with E-state index in [2.05, 4.69) is 5.32 Å². The van der Waals surface area contributed by atoms with E-state index in [1.54, 1.807) is 25.1 Å². The molecule has 0 spiro atoms. The number of para-hydroxylation sites is 2. The van der Waals surface area contributed by atoms with Gasteiger partial charge in [0.1, 0.15) is 17.6 Å². The number of aliphatic hydroxyl groups excluding tert-OH is 1. The normalized spacial score (nSPS) is 23.8. The monoisotopic (exact) mass is 390 g/mol. The summed E-state index contributed by atoms with van der Waals surface area (Å²) in [5.41, 5.74) is -0.723. The largest absolute Gasteiger partial charge is 0.506 e. The molecule has 9 heteroatoms. The lowest BCUT2D eigenvalue weighted by Crippen LogP contribution is -2.60. The fourth-order valence-electron chi connectivity index (χ4n) is 3.46. The van der Waals surface area contributed by atoms with Crippen LogP contribution in [0.15, 0.2) is 42.5 Å². The molecule has 0 unspecified atom stereocenters. The van der Waals surface area contributed by atoms with E-state index in [9.17, 15) is 20.3 Å². The number of phenolic OH excluding ortho intramolecular Hbond substituents is 1. The van der Waals surface area contributed by atoms with Crippen molar-refractivity contribution in [3.8, 4) is 11.5 Å². The van der Waals surface area contributed by atoms with Crippen LogP contribution in [0.25, 0.3) is 0 Å². The van der Waals surface area contributed by atoms with Crippen LogP contribution in [-0.4, -0.2) is 47.4 Å². The first-order chi connectivity index (χ1) is 13.3. The van der Waals surface area contributed by atoms with Gasteiger partial charge in [0.05, 0.1) is 16.7 Å². The number of hydrogen-bond donors (Lipinski definition) is 3. The maximum absolute atomic E-state index is 11.2. The second-order valence-corrected chi connectivity index (χ2v) is 6.65. The zero-order valence-corrected chi connectivity index (χ0v) is 15.7. The molecule has 0 aliphatic carbocycles. The van der Waals surface area contributed by atoms with Crippen molar-refractivity contribution in [2.45, 2.75) is 31.0 Å². The molecule has 9 nitrogen and oxygen atoms in total. The van der Waals surface area contributed by atoms with Crippen molar-refractivity contribution in [2.24, 2.45) is 0 Å². The third-order valence-corrected chi connectivity index (χ3v) is 4.88. The first kappa shape index (κ1) is 19.9. The minimum atomic E-state index is -1.32. The summed E-state index contributed by atoms with van der Waals surface area (Å²) in [6.07, 6.45) is -2.15. The molecule has 2 aromatic rings. The Bertz CT molecular complexity index is 871. The average molecular weight is 390 g/mol. The first-order valence-electron chi connectivity index (χ1n) is 8.57.